The second-order valence-electron chi connectivity index (χ2n) is 25.3. The average Bonchev–Trinajstić information content (AvgIpc) is 1.63. The van der Waals surface area contributed by atoms with E-state index in [0.717, 1.165) is 17.2 Å². The van der Waals surface area contributed by atoms with Crippen LogP contribution in [0.4, 0.5) is 0 Å². The van der Waals surface area contributed by atoms with Crippen molar-refractivity contribution in [3.8, 4) is 51.0 Å². The molecule has 0 unspecified atom stereocenters. The molecule has 0 radical (unpaired) electrons. The number of ether oxygens (including phenoxy) is 3. The number of benzene rings is 11. The maximum atomic E-state index is 6.43. The Labute approximate surface area is 480 Å². The fourth-order valence-electron chi connectivity index (χ4n) is 15.9. The first-order chi connectivity index (χ1) is 40.4. The topological polar surface area (TPSA) is 39.3 Å². The highest BCUT2D eigenvalue weighted by molar-refractivity contribution is 6.16. The number of hydrogen-bond acceptors (Lipinski definition) is 3. The Morgan fingerprint density at radius 1 is 0.289 bits per heavy atom. The van der Waals surface area contributed by atoms with Crippen molar-refractivity contribution in [1.82, 2.24) is 0 Å². The molecule has 3 aliphatic heterocycles. The molecule has 6 aliphatic rings. The van der Waals surface area contributed by atoms with Crippen LogP contribution in [-0.4, -0.2) is 0 Å². The third kappa shape index (κ3) is 6.15. The lowest BCUT2D eigenvalue weighted by atomic mass is 9.80. The van der Waals surface area contributed by atoms with Gasteiger partial charge in [0, 0.05) is 65.9 Å². The highest BCUT2D eigenvalue weighted by Gasteiger charge is 2.50. The lowest BCUT2D eigenvalue weighted by Gasteiger charge is -2.22. The Bertz CT molecular complexity index is 5090. The Balaban J connectivity index is 0.0000000954. The summed E-state index contributed by atoms with van der Waals surface area (Å²) in [7, 11) is 0. The SMILES string of the molecule is CC1(C)c2cc3c(ccc4ccccc43)c3c2-c2c1c1ccccc1c[n+]2CO3.CC1(C)c2cc3c(ccc4ccccc43)c3c2-c2c1c1ccccc1c[n+]2CO3.CC1(C)c2cc3c(ccc4ccccc43)c3c2-c2c1ccc[n+]2CO3. The summed E-state index contributed by atoms with van der Waals surface area (Å²) in [5, 5.41) is 20.5. The molecule has 0 bridgehead atoms. The van der Waals surface area contributed by atoms with Crippen molar-refractivity contribution in [2.45, 2.75) is 78.0 Å². The van der Waals surface area contributed by atoms with Crippen LogP contribution in [0.2, 0.25) is 0 Å². The van der Waals surface area contributed by atoms with E-state index in [0.29, 0.717) is 20.2 Å². The summed E-state index contributed by atoms with van der Waals surface area (Å²) < 4.78 is 26.0. The minimum absolute atomic E-state index is 0.0126. The van der Waals surface area contributed by atoms with Crippen molar-refractivity contribution in [2.75, 3.05) is 0 Å². The van der Waals surface area contributed by atoms with E-state index < -0.39 is 0 Å². The van der Waals surface area contributed by atoms with E-state index >= 15 is 0 Å². The Morgan fingerprint density at radius 2 is 0.639 bits per heavy atom. The molecular weight excluding hydrogens is 1010 g/mol. The van der Waals surface area contributed by atoms with Gasteiger partial charge in [0.05, 0.1) is 16.7 Å². The van der Waals surface area contributed by atoms with Crippen LogP contribution in [0.15, 0.2) is 207 Å². The van der Waals surface area contributed by atoms with Gasteiger partial charge in [0.2, 0.25) is 17.1 Å². The molecule has 0 fully saturated rings. The third-order valence-corrected chi connectivity index (χ3v) is 19.9. The standard InChI is InChI=1S/2C27H20NO.C23H18NO/c2*1-27(2)22-13-21-18-9-5-3-7-16(18)11-12-20(21)26-23(22)25-24(27)19-10-6-4-8-17(19)14-28(25)15-29-26;1-23(2)18-8-5-11-24-13-25-22-16-10-9-14-6-3-4-7-15(14)17(16)12-19(23)20(22)21(18)24/h2*3-14H,15H2,1-2H3;3-12H,13H2,1-2H3/q3*+1. The van der Waals surface area contributed by atoms with Crippen molar-refractivity contribution in [1.29, 1.82) is 0 Å². The van der Waals surface area contributed by atoms with E-state index in [1.165, 1.54) is 153 Å². The first kappa shape index (κ1) is 47.0. The summed E-state index contributed by atoms with van der Waals surface area (Å²) in [6.07, 6.45) is 6.61. The van der Waals surface area contributed by atoms with E-state index in [9.17, 15) is 0 Å². The molecule has 0 saturated heterocycles. The fraction of sp³-hybridized carbons (Fsp3) is 0.156. The molecule has 0 amide bonds. The third-order valence-electron chi connectivity index (χ3n) is 19.9. The maximum absolute atomic E-state index is 6.43. The van der Waals surface area contributed by atoms with Crippen LogP contribution in [-0.2, 0) is 36.4 Å². The zero-order chi connectivity index (χ0) is 55.4. The fourth-order valence-corrected chi connectivity index (χ4v) is 15.9. The summed E-state index contributed by atoms with van der Waals surface area (Å²) in [5.74, 6) is 3.15. The molecule has 0 N–H and O–H groups in total. The van der Waals surface area contributed by atoms with Crippen molar-refractivity contribution >= 4 is 86.2 Å². The number of pyridine rings is 3. The van der Waals surface area contributed by atoms with E-state index in [-0.39, 0.29) is 16.2 Å². The molecule has 20 rings (SSSR count). The quantitative estimate of drug-likeness (QED) is 0.112. The number of aromatic nitrogens is 3. The second-order valence-corrected chi connectivity index (χ2v) is 25.3. The van der Waals surface area contributed by atoms with Gasteiger partial charge in [0.15, 0.2) is 18.6 Å². The predicted molar refractivity (Wildman–Crippen MR) is 335 cm³/mol. The van der Waals surface area contributed by atoms with Crippen molar-refractivity contribution < 1.29 is 27.9 Å². The van der Waals surface area contributed by atoms with E-state index in [1.54, 1.807) is 0 Å². The van der Waals surface area contributed by atoms with E-state index in [4.69, 9.17) is 14.2 Å². The predicted octanol–water partition coefficient (Wildman–Crippen LogP) is 17.1. The highest BCUT2D eigenvalue weighted by Crippen LogP contribution is 2.59. The molecule has 3 aromatic heterocycles. The molecule has 11 aromatic carbocycles. The number of fused-ring (bicyclic) bond motifs is 16. The molecule has 0 saturated carbocycles. The molecule has 6 nitrogen and oxygen atoms in total. The summed E-state index contributed by atoms with van der Waals surface area (Å²) in [4.78, 5) is 0. The van der Waals surface area contributed by atoms with Crippen molar-refractivity contribution in [3.63, 3.8) is 0 Å². The van der Waals surface area contributed by atoms with Gasteiger partial charge in [-0.2, -0.15) is 13.7 Å². The maximum Gasteiger partial charge on any atom is 0.292 e. The van der Waals surface area contributed by atoms with Crippen LogP contribution < -0.4 is 27.9 Å². The second kappa shape index (κ2) is 16.3. The summed E-state index contributed by atoms with van der Waals surface area (Å²) >= 11 is 0. The van der Waals surface area contributed by atoms with Crippen molar-refractivity contribution in [2.24, 2.45) is 0 Å². The van der Waals surface area contributed by atoms with Gasteiger partial charge < -0.3 is 14.2 Å². The van der Waals surface area contributed by atoms with E-state index in [1.807, 2.05) is 0 Å². The largest absolute Gasteiger partial charge is 0.434 e. The summed E-state index contributed by atoms with van der Waals surface area (Å²) in [6.45, 7) is 15.8. The lowest BCUT2D eigenvalue weighted by Crippen LogP contribution is -2.42. The average molecular weight is 1070 g/mol. The smallest absolute Gasteiger partial charge is 0.292 e. The Kier molecular flexibility index (Phi) is 9.23. The number of nitrogens with zero attached hydrogens (tertiary/aromatic N) is 3. The first-order valence-electron chi connectivity index (χ1n) is 29.3. The van der Waals surface area contributed by atoms with Crippen LogP contribution in [0.25, 0.3) is 120 Å². The molecule has 0 atom stereocenters. The van der Waals surface area contributed by atoms with Crippen LogP contribution in [0.5, 0.6) is 17.2 Å². The van der Waals surface area contributed by atoms with Gasteiger partial charge in [-0.15, -0.1) is 0 Å². The van der Waals surface area contributed by atoms with Gasteiger partial charge in [-0.25, -0.2) is 0 Å². The van der Waals surface area contributed by atoms with Gasteiger partial charge in [0.1, 0.15) is 17.2 Å². The van der Waals surface area contributed by atoms with Crippen LogP contribution >= 0.6 is 0 Å². The normalized spacial score (nSPS) is 15.8. The van der Waals surface area contributed by atoms with Crippen LogP contribution in [0.3, 0.4) is 0 Å². The molecule has 0 spiro atoms. The van der Waals surface area contributed by atoms with Crippen molar-refractivity contribution in [3.05, 3.63) is 240 Å². The Hall–Kier alpha value is -9.65. The first-order valence-corrected chi connectivity index (χ1v) is 29.3. The summed E-state index contributed by atoms with van der Waals surface area (Å²) in [5.41, 5.74) is 16.0. The van der Waals surface area contributed by atoms with Gasteiger partial charge >= 0.3 is 0 Å². The number of rotatable bonds is 0. The highest BCUT2D eigenvalue weighted by atomic mass is 16.5. The van der Waals surface area contributed by atoms with Gasteiger partial charge in [0.25, 0.3) is 20.2 Å². The summed E-state index contributed by atoms with van der Waals surface area (Å²) in [6, 6.07) is 68.4. The lowest BCUT2D eigenvalue weighted by molar-refractivity contribution is -0.717. The molecule has 3 aliphatic carbocycles. The Morgan fingerprint density at radius 3 is 1.06 bits per heavy atom. The monoisotopic (exact) mass is 1070 g/mol. The minimum Gasteiger partial charge on any atom is -0.434 e. The molecule has 83 heavy (non-hydrogen) atoms. The molecule has 6 heterocycles. The van der Waals surface area contributed by atoms with Crippen LogP contribution in [0, 0.1) is 0 Å². The van der Waals surface area contributed by atoms with Gasteiger partial charge in [-0.1, -0.05) is 169 Å². The molecule has 6 heteroatoms. The zero-order valence-electron chi connectivity index (χ0n) is 47.3. The molecule has 14 aromatic rings. The zero-order valence-corrected chi connectivity index (χ0v) is 47.3. The molecular formula is C77H58N3O3+3. The van der Waals surface area contributed by atoms with Gasteiger partial charge in [-0.05, 0) is 131 Å². The molecule has 396 valence electrons. The van der Waals surface area contributed by atoms with Gasteiger partial charge in [-0.3, -0.25) is 0 Å². The number of hydrogen-bond donors (Lipinski definition) is 0. The van der Waals surface area contributed by atoms with Crippen LogP contribution in [0.1, 0.15) is 74.9 Å². The minimum atomic E-state index is -0.0825. The van der Waals surface area contributed by atoms with E-state index in [2.05, 4.69) is 262 Å².